The van der Waals surface area contributed by atoms with Crippen molar-refractivity contribution in [1.82, 2.24) is 9.97 Å². The summed E-state index contributed by atoms with van der Waals surface area (Å²) >= 11 is 0. The number of benzene rings is 1. The number of aromatic nitrogens is 2. The van der Waals surface area contributed by atoms with Crippen molar-refractivity contribution in [3.63, 3.8) is 0 Å². The zero-order valence-corrected chi connectivity index (χ0v) is 12.3. The number of nitrogens with one attached hydrogen (secondary N) is 2. The molecule has 0 unspecified atom stereocenters. The Morgan fingerprint density at radius 2 is 1.57 bits per heavy atom. The molecule has 3 rings (SSSR count). The van der Waals surface area contributed by atoms with Crippen LogP contribution in [0.15, 0.2) is 54.9 Å². The van der Waals surface area contributed by atoms with Gasteiger partial charge < -0.3 is 14.7 Å². The number of rotatable bonds is 4. The first-order valence-corrected chi connectivity index (χ1v) is 7.02. The number of H-pyrrole nitrogens is 2. The van der Waals surface area contributed by atoms with Crippen LogP contribution >= 0.6 is 0 Å². The minimum absolute atomic E-state index is 0.141. The fourth-order valence-electron chi connectivity index (χ4n) is 2.71. The van der Waals surface area contributed by atoms with Crippen LogP contribution in [0.4, 0.5) is 13.2 Å². The largest absolute Gasteiger partial charge is 0.497 e. The maximum Gasteiger partial charge on any atom is 0.416 e. The second-order valence-electron chi connectivity index (χ2n) is 5.13. The Morgan fingerprint density at radius 3 is 2.00 bits per heavy atom. The molecule has 0 aliphatic heterocycles. The predicted molar refractivity (Wildman–Crippen MR) is 80.5 cm³/mol. The van der Waals surface area contributed by atoms with Crippen LogP contribution in [0.25, 0.3) is 0 Å². The first kappa shape index (κ1) is 15.3. The van der Waals surface area contributed by atoms with Crippen molar-refractivity contribution in [1.29, 1.82) is 0 Å². The monoisotopic (exact) mass is 320 g/mol. The van der Waals surface area contributed by atoms with Gasteiger partial charge in [-0.25, -0.2) is 0 Å². The summed E-state index contributed by atoms with van der Waals surface area (Å²) in [4.78, 5) is 6.02. The minimum Gasteiger partial charge on any atom is -0.497 e. The van der Waals surface area contributed by atoms with Gasteiger partial charge in [0.15, 0.2) is 0 Å². The molecule has 0 amide bonds. The molecule has 2 heterocycles. The number of aromatic amines is 2. The molecule has 0 aliphatic rings. The number of methoxy groups -OCH3 is 1. The molecule has 6 heteroatoms. The zero-order chi connectivity index (χ0) is 16.4. The number of hydrogen-bond donors (Lipinski definition) is 2. The Balaban J connectivity index is 2.23. The summed E-state index contributed by atoms with van der Waals surface area (Å²) in [5, 5.41) is 0. The number of hydrogen-bond acceptors (Lipinski definition) is 1. The van der Waals surface area contributed by atoms with Gasteiger partial charge in [0.25, 0.3) is 0 Å². The Labute approximate surface area is 131 Å². The Bertz CT molecular complexity index is 727. The van der Waals surface area contributed by atoms with E-state index in [2.05, 4.69) is 9.97 Å². The lowest BCUT2D eigenvalue weighted by atomic mass is 9.88. The van der Waals surface area contributed by atoms with Crippen LogP contribution in [0, 0.1) is 0 Å². The maximum atomic E-state index is 13.5. The van der Waals surface area contributed by atoms with Gasteiger partial charge >= 0.3 is 6.18 Å². The smallest absolute Gasteiger partial charge is 0.416 e. The summed E-state index contributed by atoms with van der Waals surface area (Å²) in [6.45, 7) is 0. The fourth-order valence-corrected chi connectivity index (χ4v) is 2.71. The van der Waals surface area contributed by atoms with E-state index < -0.39 is 17.7 Å². The van der Waals surface area contributed by atoms with E-state index in [1.54, 1.807) is 36.7 Å². The molecular formula is C17H15F3N2O. The van der Waals surface area contributed by atoms with Crippen molar-refractivity contribution in [3.05, 3.63) is 77.4 Å². The van der Waals surface area contributed by atoms with E-state index >= 15 is 0 Å². The van der Waals surface area contributed by atoms with E-state index in [-0.39, 0.29) is 5.56 Å². The van der Waals surface area contributed by atoms with Gasteiger partial charge in [-0.15, -0.1) is 0 Å². The van der Waals surface area contributed by atoms with Gasteiger partial charge in [-0.1, -0.05) is 0 Å². The summed E-state index contributed by atoms with van der Waals surface area (Å²) in [6.07, 6.45) is -1.06. The van der Waals surface area contributed by atoms with Crippen molar-refractivity contribution in [2.45, 2.75) is 12.1 Å². The van der Waals surface area contributed by atoms with Crippen LogP contribution in [-0.2, 0) is 6.18 Å². The van der Waals surface area contributed by atoms with E-state index in [0.29, 0.717) is 17.1 Å². The molecule has 2 aromatic heterocycles. The highest BCUT2D eigenvalue weighted by molar-refractivity contribution is 5.47. The topological polar surface area (TPSA) is 40.8 Å². The highest BCUT2D eigenvalue weighted by atomic mass is 19.4. The molecule has 0 fully saturated rings. The van der Waals surface area contributed by atoms with Crippen LogP contribution in [0.2, 0.25) is 0 Å². The first-order chi connectivity index (χ1) is 11.0. The average molecular weight is 320 g/mol. The SMILES string of the molecule is COc1ccc(C(F)(F)F)c(C(c2ccc[nH]2)c2ccc[nH]2)c1. The van der Waals surface area contributed by atoms with Gasteiger partial charge in [-0.05, 0) is 48.0 Å². The predicted octanol–water partition coefficient (Wildman–Crippen LogP) is 4.55. The van der Waals surface area contributed by atoms with Crippen LogP contribution in [-0.4, -0.2) is 17.1 Å². The van der Waals surface area contributed by atoms with Crippen LogP contribution in [0.3, 0.4) is 0 Å². The van der Waals surface area contributed by atoms with Gasteiger partial charge in [-0.2, -0.15) is 13.2 Å². The lowest BCUT2D eigenvalue weighted by Gasteiger charge is -2.21. The first-order valence-electron chi connectivity index (χ1n) is 7.02. The molecule has 3 nitrogen and oxygen atoms in total. The minimum atomic E-state index is -4.45. The Kier molecular flexibility index (Phi) is 3.90. The van der Waals surface area contributed by atoms with Crippen molar-refractivity contribution < 1.29 is 17.9 Å². The zero-order valence-electron chi connectivity index (χ0n) is 12.3. The third-order valence-electron chi connectivity index (χ3n) is 3.74. The van der Waals surface area contributed by atoms with E-state index in [1.807, 2.05) is 0 Å². The molecule has 0 atom stereocenters. The standard InChI is InChI=1S/C17H15F3N2O/c1-23-11-6-7-13(17(18,19)20)12(10-11)16(14-4-2-8-21-14)15-5-3-9-22-15/h2-10,16,21-22H,1H3. The Hall–Kier alpha value is -2.63. The van der Waals surface area contributed by atoms with E-state index in [9.17, 15) is 13.2 Å². The summed E-state index contributed by atoms with van der Waals surface area (Å²) in [5.41, 5.74) is 0.812. The van der Waals surface area contributed by atoms with Gasteiger partial charge in [0.2, 0.25) is 0 Å². The van der Waals surface area contributed by atoms with Gasteiger partial charge in [0, 0.05) is 23.8 Å². The van der Waals surface area contributed by atoms with Crippen LogP contribution in [0.5, 0.6) is 5.75 Å². The lowest BCUT2D eigenvalue weighted by Crippen LogP contribution is -2.14. The van der Waals surface area contributed by atoms with Gasteiger partial charge in [0.1, 0.15) is 5.75 Å². The molecule has 0 spiro atoms. The van der Waals surface area contributed by atoms with Crippen LogP contribution < -0.4 is 4.74 Å². The quantitative estimate of drug-likeness (QED) is 0.727. The molecule has 120 valence electrons. The molecule has 2 N–H and O–H groups in total. The number of ether oxygens (including phenoxy) is 1. The molecule has 0 saturated carbocycles. The summed E-state index contributed by atoms with van der Waals surface area (Å²) < 4.78 is 45.5. The number of halogens is 3. The molecule has 0 radical (unpaired) electrons. The van der Waals surface area contributed by atoms with E-state index in [4.69, 9.17) is 4.74 Å². The number of alkyl halides is 3. The van der Waals surface area contributed by atoms with Crippen molar-refractivity contribution in [2.75, 3.05) is 7.11 Å². The van der Waals surface area contributed by atoms with Crippen LogP contribution in [0.1, 0.15) is 28.4 Å². The van der Waals surface area contributed by atoms with Crippen molar-refractivity contribution in [2.24, 2.45) is 0 Å². The third-order valence-corrected chi connectivity index (χ3v) is 3.74. The lowest BCUT2D eigenvalue weighted by molar-refractivity contribution is -0.138. The normalized spacial score (nSPS) is 11.9. The highest BCUT2D eigenvalue weighted by Crippen LogP contribution is 2.41. The average Bonchev–Trinajstić information content (AvgIpc) is 3.20. The summed E-state index contributed by atoms with van der Waals surface area (Å²) in [5.74, 6) is -0.206. The third kappa shape index (κ3) is 2.97. The summed E-state index contributed by atoms with van der Waals surface area (Å²) in [6, 6.07) is 10.9. The Morgan fingerprint density at radius 1 is 0.957 bits per heavy atom. The van der Waals surface area contributed by atoms with Crippen molar-refractivity contribution >= 4 is 0 Å². The molecular weight excluding hydrogens is 305 g/mol. The maximum absolute atomic E-state index is 13.5. The van der Waals surface area contributed by atoms with E-state index in [0.717, 1.165) is 6.07 Å². The van der Waals surface area contributed by atoms with Gasteiger partial charge in [0.05, 0.1) is 18.6 Å². The van der Waals surface area contributed by atoms with E-state index in [1.165, 1.54) is 19.2 Å². The summed E-state index contributed by atoms with van der Waals surface area (Å²) in [7, 11) is 1.44. The molecule has 0 aliphatic carbocycles. The van der Waals surface area contributed by atoms with Crippen molar-refractivity contribution in [3.8, 4) is 5.75 Å². The molecule has 0 saturated heterocycles. The molecule has 3 aromatic rings. The highest BCUT2D eigenvalue weighted by Gasteiger charge is 2.36. The fraction of sp³-hybridized carbons (Fsp3) is 0.176. The van der Waals surface area contributed by atoms with Gasteiger partial charge in [-0.3, -0.25) is 0 Å². The molecule has 1 aromatic carbocycles. The second kappa shape index (κ2) is 5.87. The molecule has 23 heavy (non-hydrogen) atoms. The second-order valence-corrected chi connectivity index (χ2v) is 5.13. The molecule has 0 bridgehead atoms.